The fraction of sp³-hybridized carbons (Fsp3) is 0.558. The van der Waals surface area contributed by atoms with E-state index in [4.69, 9.17) is 24.7 Å². The molecule has 4 bridgehead atoms. The number of fused-ring (bicyclic) bond motifs is 5. The Bertz CT molecular complexity index is 1880. The predicted molar refractivity (Wildman–Crippen MR) is 223 cm³/mol. The van der Waals surface area contributed by atoms with Crippen molar-refractivity contribution < 1.29 is 39.1 Å². The van der Waals surface area contributed by atoms with E-state index in [-0.39, 0.29) is 64.0 Å². The van der Waals surface area contributed by atoms with Crippen LogP contribution in [0, 0.1) is 5.92 Å². The molecule has 308 valence electrons. The maximum absolute atomic E-state index is 12.4. The molecule has 6 N–H and O–H groups in total. The van der Waals surface area contributed by atoms with Crippen LogP contribution in [0.3, 0.4) is 0 Å². The van der Waals surface area contributed by atoms with Crippen molar-refractivity contribution in [2.75, 3.05) is 19.4 Å². The highest BCUT2D eigenvalue weighted by Crippen LogP contribution is 2.57. The molecule has 2 aliphatic heterocycles. The van der Waals surface area contributed by atoms with Gasteiger partial charge in [0, 0.05) is 62.5 Å². The number of nitrogens with one attached hydrogen (secondary N) is 1. The van der Waals surface area contributed by atoms with Crippen molar-refractivity contribution in [2.45, 2.75) is 125 Å². The van der Waals surface area contributed by atoms with Gasteiger partial charge in [-0.3, -0.25) is 14.8 Å². The molecule has 3 aromatic rings. The summed E-state index contributed by atoms with van der Waals surface area (Å²) < 4.78 is 25.5. The van der Waals surface area contributed by atoms with Crippen LogP contribution >= 0.6 is 21.6 Å². The summed E-state index contributed by atoms with van der Waals surface area (Å²) in [5.74, 6) is 0.832. The van der Waals surface area contributed by atoms with Crippen LogP contribution in [0.1, 0.15) is 100 Å². The second kappa shape index (κ2) is 18.3. The molecule has 2 aromatic carbocycles. The summed E-state index contributed by atoms with van der Waals surface area (Å²) in [6.45, 7) is 1.68. The van der Waals surface area contributed by atoms with Gasteiger partial charge in [-0.15, -0.1) is 0 Å². The van der Waals surface area contributed by atoms with E-state index in [2.05, 4.69) is 15.3 Å². The molecule has 2 saturated carbocycles. The van der Waals surface area contributed by atoms with Crippen LogP contribution in [0.4, 0.5) is 0 Å². The summed E-state index contributed by atoms with van der Waals surface area (Å²) in [7, 11) is 5.56. The van der Waals surface area contributed by atoms with Gasteiger partial charge in [0.15, 0.2) is 29.0 Å². The quantitative estimate of drug-likeness (QED) is 0.0496. The Balaban J connectivity index is 1.20. The molecule has 12 nitrogen and oxygen atoms in total. The minimum absolute atomic E-state index is 0.0337. The number of carbonyl (C=O) groups is 1. The van der Waals surface area contributed by atoms with Crippen LogP contribution in [0.25, 0.3) is 0 Å². The molecule has 0 unspecified atom stereocenters. The number of phenolic OH excluding ortho intramolecular Hbond substituents is 3. The minimum atomic E-state index is -0.561. The Morgan fingerprint density at radius 1 is 1.07 bits per heavy atom. The zero-order valence-electron chi connectivity index (χ0n) is 32.9. The Labute approximate surface area is 343 Å². The molecule has 14 heteroatoms. The number of phenols is 3. The third-order valence-corrected chi connectivity index (χ3v) is 15.7. The number of benzene rings is 2. The molecule has 57 heavy (non-hydrogen) atoms. The van der Waals surface area contributed by atoms with Crippen LogP contribution in [0.15, 0.2) is 59.9 Å². The van der Waals surface area contributed by atoms with E-state index in [1.54, 1.807) is 31.6 Å². The highest BCUT2D eigenvalue weighted by Gasteiger charge is 2.55. The van der Waals surface area contributed by atoms with E-state index >= 15 is 0 Å². The number of aliphatic imine (C=N–C) groups is 1. The molecule has 0 radical (unpaired) electrons. The van der Waals surface area contributed by atoms with Gasteiger partial charge >= 0.3 is 5.97 Å². The minimum Gasteiger partial charge on any atom is -0.504 e. The van der Waals surface area contributed by atoms with Gasteiger partial charge in [0.25, 0.3) is 0 Å². The molecule has 2 aliphatic carbocycles. The summed E-state index contributed by atoms with van der Waals surface area (Å²) in [6.07, 6.45) is 13.1. The van der Waals surface area contributed by atoms with Crippen molar-refractivity contribution in [1.29, 1.82) is 0 Å². The zero-order valence-corrected chi connectivity index (χ0v) is 34.5. The van der Waals surface area contributed by atoms with Crippen molar-refractivity contribution in [3.63, 3.8) is 0 Å². The molecule has 6 atom stereocenters. The molecule has 3 heterocycles. The average Bonchev–Trinajstić information content (AvgIpc) is 3.20. The van der Waals surface area contributed by atoms with Crippen molar-refractivity contribution in [3.8, 4) is 28.7 Å². The molecular formula is C43H56N4O8S2. The molecule has 1 saturated heterocycles. The highest BCUT2D eigenvalue weighted by molar-refractivity contribution is 8.77. The summed E-state index contributed by atoms with van der Waals surface area (Å²) in [5, 5.41) is 36.5. The Hall–Kier alpha value is -4.01. The average molecular weight is 821 g/mol. The lowest BCUT2D eigenvalue weighted by Gasteiger charge is -2.55. The Morgan fingerprint density at radius 2 is 1.91 bits per heavy atom. The first kappa shape index (κ1) is 41.2. The second-order valence-corrected chi connectivity index (χ2v) is 18.8. The van der Waals surface area contributed by atoms with Gasteiger partial charge in [-0.1, -0.05) is 53.0 Å². The van der Waals surface area contributed by atoms with Crippen LogP contribution < -0.4 is 20.5 Å². The SMILES string of the molecule is CN=C(N)N[C@]12CCC[C@@H](C1)Oc1cc(ccc1O)C[C@H]([C@H]1C[C@H](OC(C)=O)C[C@@H](c3cc(O)c(O)c(OCCc4cccnc4)c3)O1)CSSC21CCCCC1. The molecule has 4 aliphatic rings. The van der Waals surface area contributed by atoms with Crippen molar-refractivity contribution in [1.82, 2.24) is 10.3 Å². The van der Waals surface area contributed by atoms with Gasteiger partial charge in [-0.2, -0.15) is 0 Å². The zero-order chi connectivity index (χ0) is 40.0. The van der Waals surface area contributed by atoms with Crippen molar-refractivity contribution in [3.05, 3.63) is 71.5 Å². The van der Waals surface area contributed by atoms with Gasteiger partial charge in [0.1, 0.15) is 12.2 Å². The predicted octanol–water partition coefficient (Wildman–Crippen LogP) is 7.52. The van der Waals surface area contributed by atoms with Crippen LogP contribution in [-0.2, 0) is 27.1 Å². The smallest absolute Gasteiger partial charge is 0.302 e. The van der Waals surface area contributed by atoms with Crippen LogP contribution in [0.2, 0.25) is 0 Å². The molecular weight excluding hydrogens is 765 g/mol. The first-order chi connectivity index (χ1) is 27.5. The third kappa shape index (κ3) is 9.66. The molecule has 3 fully saturated rings. The molecule has 1 spiro atoms. The lowest BCUT2D eigenvalue weighted by Crippen LogP contribution is -2.67. The number of carbonyl (C=O) groups excluding carboxylic acids is 1. The third-order valence-electron chi connectivity index (χ3n) is 12.2. The maximum atomic E-state index is 12.4. The van der Waals surface area contributed by atoms with E-state index in [1.165, 1.54) is 19.4 Å². The second-order valence-electron chi connectivity index (χ2n) is 16.1. The van der Waals surface area contributed by atoms with E-state index in [9.17, 15) is 20.1 Å². The van der Waals surface area contributed by atoms with Crippen molar-refractivity contribution in [2.24, 2.45) is 16.6 Å². The topological polar surface area (TPSA) is 178 Å². The van der Waals surface area contributed by atoms with Crippen molar-refractivity contribution >= 4 is 33.5 Å². The first-order valence-electron chi connectivity index (χ1n) is 20.3. The number of esters is 1. The first-order valence-corrected chi connectivity index (χ1v) is 22.6. The fourth-order valence-corrected chi connectivity index (χ4v) is 13.4. The summed E-state index contributed by atoms with van der Waals surface area (Å²) in [5.41, 5.74) is 8.74. The van der Waals surface area contributed by atoms with E-state index in [1.807, 2.05) is 45.9 Å². The number of guanidine groups is 1. The van der Waals surface area contributed by atoms with Crippen LogP contribution in [-0.4, -0.2) is 80.2 Å². The van der Waals surface area contributed by atoms with Gasteiger partial charge in [-0.25, -0.2) is 0 Å². The standard InChI is InChI=1S/C43H56N4O8S2/c1-27(48)53-33-22-36(30-20-35(50)40(51)39(21-30)52-17-12-28-8-7-16-46-25-28)55-37(23-33)31-18-29-10-11-34(49)38(19-29)54-32-9-6-13-42(24-32,47-41(44)45-2)43(57-56-26-31)14-4-3-5-15-43/h7-8,10-11,16,19-21,25,31-33,36-37,49-51H,3-6,9,12-15,17-18,22-24,26H2,1-2H3,(H3,44,45,47)/t31-,32-,33+,36-,37+,42+/m0/s1. The highest BCUT2D eigenvalue weighted by atomic mass is 33.1. The summed E-state index contributed by atoms with van der Waals surface area (Å²) in [4.78, 5) is 20.9. The van der Waals surface area contributed by atoms with E-state index < -0.39 is 12.2 Å². The normalized spacial score (nSPS) is 27.8. The van der Waals surface area contributed by atoms with E-state index in [0.717, 1.165) is 68.2 Å². The van der Waals surface area contributed by atoms with E-state index in [0.29, 0.717) is 43.0 Å². The van der Waals surface area contributed by atoms with Gasteiger partial charge in [-0.05, 0) is 91.5 Å². The van der Waals surface area contributed by atoms with Crippen LogP contribution in [0.5, 0.6) is 28.7 Å². The van der Waals surface area contributed by atoms with Gasteiger partial charge in [0.05, 0.1) is 24.4 Å². The van der Waals surface area contributed by atoms with Gasteiger partial charge in [0.2, 0.25) is 5.75 Å². The lowest BCUT2D eigenvalue weighted by molar-refractivity contribution is -0.163. The molecule has 1 aromatic heterocycles. The number of pyridine rings is 1. The lowest BCUT2D eigenvalue weighted by atomic mass is 9.66. The Kier molecular flexibility index (Phi) is 13.2. The number of ether oxygens (including phenoxy) is 4. The number of rotatable bonds is 8. The largest absolute Gasteiger partial charge is 0.504 e. The number of aromatic nitrogens is 1. The fourth-order valence-electron chi connectivity index (χ4n) is 9.33. The number of nitrogens with two attached hydrogens (primary N) is 1. The number of nitrogens with zero attached hydrogens (tertiary/aromatic N) is 2. The summed E-state index contributed by atoms with van der Waals surface area (Å²) >= 11 is 0. The number of hydrogen-bond acceptors (Lipinski definition) is 12. The number of aromatic hydroxyl groups is 3. The van der Waals surface area contributed by atoms with Gasteiger partial charge < -0.3 is 45.3 Å². The monoisotopic (exact) mass is 820 g/mol. The number of hydrogen-bond donors (Lipinski definition) is 5. The Morgan fingerprint density at radius 3 is 2.68 bits per heavy atom. The molecule has 0 amide bonds. The summed E-state index contributed by atoms with van der Waals surface area (Å²) in [6, 6.07) is 12.6. The maximum Gasteiger partial charge on any atom is 0.302 e. The molecule has 7 rings (SSSR count).